The Labute approximate surface area is 219 Å². The summed E-state index contributed by atoms with van der Waals surface area (Å²) in [4.78, 5) is 20.8. The number of anilines is 1. The third-order valence-electron chi connectivity index (χ3n) is 5.64. The van der Waals surface area contributed by atoms with Crippen molar-refractivity contribution in [2.75, 3.05) is 12.3 Å². The van der Waals surface area contributed by atoms with Gasteiger partial charge in [-0.2, -0.15) is 5.09 Å². The third-order valence-corrected chi connectivity index (χ3v) is 7.43. The molecule has 0 radical (unpaired) electrons. The number of rotatable bonds is 12. The molecule has 0 saturated carbocycles. The van der Waals surface area contributed by atoms with Crippen molar-refractivity contribution in [3.8, 4) is 5.75 Å². The molecule has 0 fully saturated rings. The van der Waals surface area contributed by atoms with Crippen LogP contribution in [0.5, 0.6) is 5.75 Å². The highest BCUT2D eigenvalue weighted by Gasteiger charge is 2.40. The van der Waals surface area contributed by atoms with Crippen LogP contribution in [0, 0.1) is 0 Å². The molecule has 1 amide bonds. The number of pyridine rings is 1. The van der Waals surface area contributed by atoms with Gasteiger partial charge in [0.25, 0.3) is 0 Å². The summed E-state index contributed by atoms with van der Waals surface area (Å²) in [5, 5.41) is 14.7. The molecule has 0 saturated heterocycles. The molecule has 12 nitrogen and oxygen atoms in total. The molecule has 2 aromatic heterocycles. The first-order valence-electron chi connectivity index (χ1n) is 12.0. The molecule has 0 aliphatic heterocycles. The van der Waals surface area contributed by atoms with E-state index in [-0.39, 0.29) is 24.7 Å². The second-order valence-corrected chi connectivity index (χ2v) is 10.5. The molecule has 1 unspecified atom stereocenters. The summed E-state index contributed by atoms with van der Waals surface area (Å²) in [6, 6.07) is 14.5. The highest BCUT2D eigenvalue weighted by molar-refractivity contribution is 7.52. The van der Waals surface area contributed by atoms with Crippen LogP contribution in [-0.4, -0.2) is 44.0 Å². The number of amides is 1. The molecule has 13 heteroatoms. The zero-order valence-corrected chi connectivity index (χ0v) is 22.2. The van der Waals surface area contributed by atoms with Gasteiger partial charge in [-0.3, -0.25) is 9.32 Å². The maximum absolute atomic E-state index is 13.8. The van der Waals surface area contributed by atoms with Crippen LogP contribution in [0.2, 0.25) is 0 Å². The molecule has 0 spiro atoms. The molecular weight excluding hydrogens is 511 g/mol. The first-order valence-corrected chi connectivity index (χ1v) is 13.5. The van der Waals surface area contributed by atoms with Crippen LogP contribution in [0.15, 0.2) is 54.6 Å². The molecular formula is C25H31N6O6P. The van der Waals surface area contributed by atoms with Crippen molar-refractivity contribution in [2.24, 2.45) is 5.73 Å². The second-order valence-electron chi connectivity index (χ2n) is 8.88. The van der Waals surface area contributed by atoms with E-state index in [4.69, 9.17) is 25.3 Å². The molecule has 0 aliphatic carbocycles. The van der Waals surface area contributed by atoms with Gasteiger partial charge < -0.3 is 30.4 Å². The van der Waals surface area contributed by atoms with Crippen molar-refractivity contribution in [1.82, 2.24) is 19.6 Å². The highest BCUT2D eigenvalue weighted by Crippen LogP contribution is 2.48. The summed E-state index contributed by atoms with van der Waals surface area (Å²) >= 11 is 0. The molecule has 6 N–H and O–H groups in total. The van der Waals surface area contributed by atoms with Crippen LogP contribution in [0.25, 0.3) is 21.9 Å². The smallest absolute Gasteiger partial charge is 0.413 e. The fourth-order valence-corrected chi connectivity index (χ4v) is 5.67. The zero-order valence-electron chi connectivity index (χ0n) is 21.3. The van der Waals surface area contributed by atoms with Crippen LogP contribution in [0.1, 0.15) is 26.6 Å². The Balaban J connectivity index is 1.76. The quantitative estimate of drug-likeness (QED) is 0.154. The Morgan fingerprint density at radius 2 is 1.87 bits per heavy atom. The standard InChI is InChI=1S/C25H31N6O6P/c1-4-35-14-20-29-21-22(18-12-8-9-13-19(18)28-23(21)26)31(20)15-25(3,33)37-38(34,30-16(2)24(27)32)36-17-10-6-5-7-11-17/h5-13,16,33H,4,14-15H2,1-3H3,(H2,26,28)(H2,27,32)(H,30,34)/t16-,25?,38-/m0/s1. The molecule has 0 aliphatic rings. The van der Waals surface area contributed by atoms with Gasteiger partial charge in [0.05, 0.1) is 23.6 Å². The van der Waals surface area contributed by atoms with Crippen LogP contribution in [0.3, 0.4) is 0 Å². The number of imidazole rings is 1. The number of hydrogen-bond acceptors (Lipinski definition) is 9. The minimum absolute atomic E-state index is 0.115. The van der Waals surface area contributed by atoms with Crippen molar-refractivity contribution < 1.29 is 28.3 Å². The molecule has 4 aromatic rings. The van der Waals surface area contributed by atoms with Crippen LogP contribution < -0.4 is 21.1 Å². The lowest BCUT2D eigenvalue weighted by atomic mass is 10.2. The van der Waals surface area contributed by atoms with Crippen molar-refractivity contribution in [2.45, 2.75) is 45.8 Å². The third kappa shape index (κ3) is 6.12. The number of nitrogens with two attached hydrogens (primary N) is 2. The van der Waals surface area contributed by atoms with Crippen LogP contribution >= 0.6 is 7.75 Å². The Bertz CT molecular complexity index is 1490. The number of carbonyl (C=O) groups excluding carboxylic acids is 1. The van der Waals surface area contributed by atoms with E-state index in [0.717, 1.165) is 5.39 Å². The summed E-state index contributed by atoms with van der Waals surface area (Å²) in [5.74, 6) is -2.01. The number of primary amides is 1. The monoisotopic (exact) mass is 542 g/mol. The number of aliphatic hydroxyl groups is 1. The topological polar surface area (TPSA) is 177 Å². The van der Waals surface area contributed by atoms with Gasteiger partial charge in [0.1, 0.15) is 23.7 Å². The maximum atomic E-state index is 13.8. The van der Waals surface area contributed by atoms with E-state index < -0.39 is 25.5 Å². The lowest BCUT2D eigenvalue weighted by molar-refractivity contribution is -0.138. The van der Waals surface area contributed by atoms with Gasteiger partial charge in [-0.25, -0.2) is 14.5 Å². The largest absolute Gasteiger partial charge is 0.462 e. The van der Waals surface area contributed by atoms with Crippen LogP contribution in [0.4, 0.5) is 5.82 Å². The highest BCUT2D eigenvalue weighted by atomic mass is 31.2. The lowest BCUT2D eigenvalue weighted by Crippen LogP contribution is -2.42. The van der Waals surface area contributed by atoms with E-state index in [1.54, 1.807) is 34.9 Å². The van der Waals surface area contributed by atoms with Crippen LogP contribution in [-0.2, 0) is 31.8 Å². The number of carbonyl (C=O) groups is 1. The predicted molar refractivity (Wildman–Crippen MR) is 143 cm³/mol. The Kier molecular flexibility index (Phi) is 8.00. The maximum Gasteiger partial charge on any atom is 0.462 e. The molecule has 3 atom stereocenters. The Hall–Kier alpha value is -3.54. The Morgan fingerprint density at radius 1 is 1.18 bits per heavy atom. The number of nitrogens with one attached hydrogen (secondary N) is 1. The predicted octanol–water partition coefficient (Wildman–Crippen LogP) is 3.08. The number of ether oxygens (including phenoxy) is 1. The van der Waals surface area contributed by atoms with Gasteiger partial charge in [-0.05, 0) is 39.0 Å². The number of aromatic nitrogens is 3. The fourth-order valence-electron chi connectivity index (χ4n) is 3.95. The number of benzene rings is 2. The van der Waals surface area contributed by atoms with E-state index in [1.807, 2.05) is 31.2 Å². The van der Waals surface area contributed by atoms with Gasteiger partial charge in [0.15, 0.2) is 11.6 Å². The van der Waals surface area contributed by atoms with Gasteiger partial charge in [0, 0.05) is 12.0 Å². The summed E-state index contributed by atoms with van der Waals surface area (Å²) in [7, 11) is -4.35. The van der Waals surface area contributed by atoms with Crippen molar-refractivity contribution >= 4 is 41.4 Å². The molecule has 2 heterocycles. The molecule has 38 heavy (non-hydrogen) atoms. The molecule has 2 aromatic carbocycles. The normalized spacial score (nSPS) is 15.7. The van der Waals surface area contributed by atoms with E-state index in [9.17, 15) is 14.5 Å². The summed E-state index contributed by atoms with van der Waals surface area (Å²) in [5.41, 5.74) is 13.3. The lowest BCUT2D eigenvalue weighted by Gasteiger charge is -2.31. The summed E-state index contributed by atoms with van der Waals surface area (Å²) in [6.45, 7) is 4.89. The average Bonchev–Trinajstić information content (AvgIpc) is 3.20. The van der Waals surface area contributed by atoms with Crippen molar-refractivity contribution in [1.29, 1.82) is 0 Å². The number of fused-ring (bicyclic) bond motifs is 3. The number of para-hydroxylation sites is 2. The minimum atomic E-state index is -4.35. The molecule has 0 bridgehead atoms. The summed E-state index contributed by atoms with van der Waals surface area (Å²) < 4.78 is 32.5. The fraction of sp³-hybridized carbons (Fsp3) is 0.320. The SMILES string of the molecule is CCOCc1nc2c(N)nc3ccccc3c2n1CC(C)(O)O[P@](=O)(N[C@@H](C)C(N)=O)Oc1ccccc1. The average molecular weight is 543 g/mol. The number of nitrogens with zero attached hydrogens (tertiary/aromatic N) is 3. The zero-order chi connectivity index (χ0) is 27.5. The summed E-state index contributed by atoms with van der Waals surface area (Å²) in [6.07, 6.45) is 0. The van der Waals surface area contributed by atoms with E-state index >= 15 is 0 Å². The van der Waals surface area contributed by atoms with E-state index in [2.05, 4.69) is 15.1 Å². The number of hydrogen-bond donors (Lipinski definition) is 4. The van der Waals surface area contributed by atoms with Gasteiger partial charge in [-0.1, -0.05) is 36.4 Å². The van der Waals surface area contributed by atoms with E-state index in [0.29, 0.717) is 29.0 Å². The number of nitrogen functional groups attached to an aromatic ring is 1. The van der Waals surface area contributed by atoms with Gasteiger partial charge in [0.2, 0.25) is 5.91 Å². The van der Waals surface area contributed by atoms with Crippen molar-refractivity contribution in [3.05, 3.63) is 60.4 Å². The second kappa shape index (κ2) is 11.1. The van der Waals surface area contributed by atoms with E-state index in [1.165, 1.54) is 13.8 Å². The minimum Gasteiger partial charge on any atom is -0.413 e. The molecule has 202 valence electrons. The first kappa shape index (κ1) is 27.5. The first-order chi connectivity index (χ1) is 18.0. The Morgan fingerprint density at radius 3 is 2.55 bits per heavy atom. The van der Waals surface area contributed by atoms with Gasteiger partial charge >= 0.3 is 7.75 Å². The molecule has 4 rings (SSSR count). The van der Waals surface area contributed by atoms with Crippen molar-refractivity contribution in [3.63, 3.8) is 0 Å². The van der Waals surface area contributed by atoms with Gasteiger partial charge in [-0.15, -0.1) is 0 Å².